The fourth-order valence-corrected chi connectivity index (χ4v) is 2.59. The van der Waals surface area contributed by atoms with Crippen LogP contribution in [0.5, 0.6) is 0 Å². The van der Waals surface area contributed by atoms with Gasteiger partial charge in [-0.25, -0.2) is 13.4 Å². The molecule has 1 heterocycles. The van der Waals surface area contributed by atoms with Crippen LogP contribution in [-0.4, -0.2) is 37.1 Å². The molecule has 0 radical (unpaired) electrons. The number of hydrogen-bond donors (Lipinski definition) is 3. The Kier molecular flexibility index (Phi) is 2.95. The molecule has 0 saturated carbocycles. The minimum Gasteiger partial charge on any atom is -0.399 e. The fourth-order valence-electron chi connectivity index (χ4n) is 1.46. The summed E-state index contributed by atoms with van der Waals surface area (Å²) in [6.45, 7) is 0. The van der Waals surface area contributed by atoms with Gasteiger partial charge in [-0.15, -0.1) is 0 Å². The van der Waals surface area contributed by atoms with Crippen LogP contribution in [0.25, 0.3) is 11.0 Å². The van der Waals surface area contributed by atoms with E-state index in [4.69, 9.17) is 5.73 Å². The van der Waals surface area contributed by atoms with Crippen LogP contribution in [-0.2, 0) is 14.6 Å². The van der Waals surface area contributed by atoms with E-state index < -0.39 is 21.5 Å². The number of nitrogens with one attached hydrogen (secondary N) is 2. The van der Waals surface area contributed by atoms with Crippen molar-refractivity contribution in [3.05, 3.63) is 18.2 Å². The minimum absolute atomic E-state index is 0.230. The van der Waals surface area contributed by atoms with Gasteiger partial charge in [0.05, 0.1) is 11.0 Å². The van der Waals surface area contributed by atoms with E-state index in [1.54, 1.807) is 18.2 Å². The molecule has 0 aliphatic rings. The maximum absolute atomic E-state index is 11.9. The second-order valence-corrected chi connectivity index (χ2v) is 5.66. The highest BCUT2D eigenvalue weighted by atomic mass is 32.2. The van der Waals surface area contributed by atoms with Gasteiger partial charge in [0.15, 0.2) is 0 Å². The first-order valence-electron chi connectivity index (χ1n) is 5.11. The van der Waals surface area contributed by atoms with Gasteiger partial charge >= 0.3 is 0 Å². The third-order valence-corrected chi connectivity index (χ3v) is 3.80. The Balaban J connectivity index is 2.45. The van der Waals surface area contributed by atoms with Crippen LogP contribution < -0.4 is 11.1 Å². The number of aromatic nitrogens is 2. The van der Waals surface area contributed by atoms with E-state index in [0.717, 1.165) is 0 Å². The lowest BCUT2D eigenvalue weighted by atomic mass is 10.3. The average Bonchev–Trinajstić information content (AvgIpc) is 2.71. The van der Waals surface area contributed by atoms with Gasteiger partial charge in [-0.2, -0.15) is 0 Å². The van der Waals surface area contributed by atoms with E-state index in [0.29, 0.717) is 16.7 Å². The number of amides is 1. The zero-order valence-corrected chi connectivity index (χ0v) is 10.4. The molecule has 0 atom stereocenters. The molecule has 1 aromatic heterocycles. The number of fused-ring (bicyclic) bond motifs is 1. The molecule has 2 rings (SSSR count). The van der Waals surface area contributed by atoms with Gasteiger partial charge in [-0.05, 0) is 18.2 Å². The van der Waals surface area contributed by atoms with Crippen LogP contribution in [0.15, 0.2) is 23.4 Å². The smallest absolute Gasteiger partial charge is 0.235 e. The summed E-state index contributed by atoms with van der Waals surface area (Å²) in [4.78, 5) is 17.7. The molecular formula is C10H12N4O3S. The van der Waals surface area contributed by atoms with E-state index >= 15 is 0 Å². The molecule has 0 aliphatic heterocycles. The normalized spacial score (nSPS) is 11.6. The number of sulfone groups is 1. The largest absolute Gasteiger partial charge is 0.399 e. The number of aromatic amines is 1. The van der Waals surface area contributed by atoms with E-state index in [9.17, 15) is 13.2 Å². The summed E-state index contributed by atoms with van der Waals surface area (Å²) < 4.78 is 23.7. The Labute approximate surface area is 103 Å². The summed E-state index contributed by atoms with van der Waals surface area (Å²) in [7, 11) is -2.39. The molecule has 1 aromatic carbocycles. The maximum atomic E-state index is 11.9. The Morgan fingerprint density at radius 2 is 2.22 bits per heavy atom. The summed E-state index contributed by atoms with van der Waals surface area (Å²) in [6.07, 6.45) is 0. The number of carbonyl (C=O) groups is 1. The molecule has 0 bridgehead atoms. The highest BCUT2D eigenvalue weighted by molar-refractivity contribution is 7.91. The minimum atomic E-state index is -3.77. The molecule has 0 unspecified atom stereocenters. The number of nitrogens with zero attached hydrogens (tertiary/aromatic N) is 1. The first-order valence-corrected chi connectivity index (χ1v) is 6.76. The monoisotopic (exact) mass is 268 g/mol. The molecule has 8 heteroatoms. The lowest BCUT2D eigenvalue weighted by molar-refractivity contribution is -0.118. The Bertz CT molecular complexity index is 705. The highest BCUT2D eigenvalue weighted by Crippen LogP contribution is 2.17. The predicted octanol–water partition coefficient (Wildman–Crippen LogP) is -0.335. The molecule has 1 amide bonds. The van der Waals surface area contributed by atoms with Crippen LogP contribution >= 0.6 is 0 Å². The summed E-state index contributed by atoms with van der Waals surface area (Å²) in [5, 5.41) is 2.02. The van der Waals surface area contributed by atoms with Crippen molar-refractivity contribution >= 4 is 32.5 Å². The molecule has 2 aromatic rings. The van der Waals surface area contributed by atoms with Crippen LogP contribution in [0.4, 0.5) is 5.69 Å². The molecule has 0 spiro atoms. The molecule has 0 fully saturated rings. The van der Waals surface area contributed by atoms with Crippen molar-refractivity contribution in [1.82, 2.24) is 15.3 Å². The van der Waals surface area contributed by atoms with Crippen LogP contribution in [0.3, 0.4) is 0 Å². The van der Waals surface area contributed by atoms with Crippen molar-refractivity contribution in [2.75, 3.05) is 18.5 Å². The van der Waals surface area contributed by atoms with E-state index in [1.165, 1.54) is 7.05 Å². The van der Waals surface area contributed by atoms with E-state index in [1.807, 2.05) is 0 Å². The van der Waals surface area contributed by atoms with Gasteiger partial charge < -0.3 is 16.0 Å². The van der Waals surface area contributed by atoms with Crippen LogP contribution in [0.2, 0.25) is 0 Å². The van der Waals surface area contributed by atoms with E-state index in [2.05, 4.69) is 15.3 Å². The van der Waals surface area contributed by atoms with Crippen molar-refractivity contribution in [2.45, 2.75) is 5.16 Å². The van der Waals surface area contributed by atoms with Crippen molar-refractivity contribution in [3.63, 3.8) is 0 Å². The Hall–Kier alpha value is -2.09. The number of carbonyl (C=O) groups excluding carboxylic acids is 1. The number of benzene rings is 1. The molecule has 0 aliphatic carbocycles. The number of H-pyrrole nitrogens is 1. The number of anilines is 1. The predicted molar refractivity (Wildman–Crippen MR) is 66.6 cm³/mol. The third-order valence-electron chi connectivity index (χ3n) is 2.38. The summed E-state index contributed by atoms with van der Waals surface area (Å²) in [5.41, 5.74) is 7.09. The van der Waals surface area contributed by atoms with Gasteiger partial charge in [0.25, 0.3) is 0 Å². The second-order valence-electron chi connectivity index (χ2n) is 3.75. The number of rotatable bonds is 3. The van der Waals surface area contributed by atoms with Crippen molar-refractivity contribution < 1.29 is 13.2 Å². The lowest BCUT2D eigenvalue weighted by Gasteiger charge is -1.98. The van der Waals surface area contributed by atoms with Crippen molar-refractivity contribution in [2.24, 2.45) is 0 Å². The highest BCUT2D eigenvalue weighted by Gasteiger charge is 2.22. The quantitative estimate of drug-likeness (QED) is 0.658. The number of nitrogen functional groups attached to an aromatic ring is 1. The van der Waals surface area contributed by atoms with Gasteiger partial charge in [-0.3, -0.25) is 4.79 Å². The number of nitrogens with two attached hydrogens (primary N) is 1. The average molecular weight is 268 g/mol. The Morgan fingerprint density at radius 1 is 1.50 bits per heavy atom. The third kappa shape index (κ3) is 2.28. The summed E-state index contributed by atoms with van der Waals surface area (Å²) >= 11 is 0. The molecule has 96 valence electrons. The van der Waals surface area contributed by atoms with Crippen LogP contribution in [0, 0.1) is 0 Å². The summed E-state index contributed by atoms with van der Waals surface area (Å²) in [6, 6.07) is 4.82. The maximum Gasteiger partial charge on any atom is 0.235 e. The zero-order chi connectivity index (χ0) is 13.3. The SMILES string of the molecule is CNC(=O)CS(=O)(=O)c1nc2ccc(N)cc2[nH]1. The van der Waals surface area contributed by atoms with Gasteiger partial charge in [0, 0.05) is 12.7 Å². The topological polar surface area (TPSA) is 118 Å². The molecule has 4 N–H and O–H groups in total. The first-order chi connectivity index (χ1) is 8.42. The molecule has 0 saturated heterocycles. The summed E-state index contributed by atoms with van der Waals surface area (Å²) in [5.74, 6) is -1.23. The van der Waals surface area contributed by atoms with E-state index in [-0.39, 0.29) is 5.16 Å². The first kappa shape index (κ1) is 12.4. The van der Waals surface area contributed by atoms with Gasteiger partial charge in [0.2, 0.25) is 20.9 Å². The molecule has 18 heavy (non-hydrogen) atoms. The fraction of sp³-hybridized carbons (Fsp3) is 0.200. The Morgan fingerprint density at radius 3 is 2.89 bits per heavy atom. The van der Waals surface area contributed by atoms with Crippen molar-refractivity contribution in [1.29, 1.82) is 0 Å². The zero-order valence-electron chi connectivity index (χ0n) is 9.60. The standard InChI is InChI=1S/C10H12N4O3S/c1-12-9(15)5-18(16,17)10-13-7-3-2-6(11)4-8(7)14-10/h2-4H,5,11H2,1H3,(H,12,15)(H,13,14). The van der Waals surface area contributed by atoms with Crippen molar-refractivity contribution in [3.8, 4) is 0 Å². The van der Waals surface area contributed by atoms with Gasteiger partial charge in [0.1, 0.15) is 5.75 Å². The molecule has 7 nitrogen and oxygen atoms in total. The number of hydrogen-bond acceptors (Lipinski definition) is 5. The van der Waals surface area contributed by atoms with Crippen LogP contribution in [0.1, 0.15) is 0 Å². The molecular weight excluding hydrogens is 256 g/mol. The lowest BCUT2D eigenvalue weighted by Crippen LogP contribution is -2.27. The van der Waals surface area contributed by atoms with Gasteiger partial charge in [-0.1, -0.05) is 0 Å². The second kappa shape index (κ2) is 4.30. The number of imidazole rings is 1.